The van der Waals surface area contributed by atoms with Gasteiger partial charge in [-0.05, 0) is 24.5 Å². The molecule has 0 saturated heterocycles. The summed E-state index contributed by atoms with van der Waals surface area (Å²) in [5.41, 5.74) is 0.716. The highest BCUT2D eigenvalue weighted by Gasteiger charge is 2.21. The van der Waals surface area contributed by atoms with Gasteiger partial charge in [0.25, 0.3) is 5.69 Å². The topological polar surface area (TPSA) is 93.2 Å². The molecule has 1 aromatic rings. The Morgan fingerprint density at radius 2 is 2.16 bits per heavy atom. The first kappa shape index (κ1) is 14.6. The van der Waals surface area contributed by atoms with E-state index in [0.29, 0.717) is 17.5 Å². The summed E-state index contributed by atoms with van der Waals surface area (Å²) in [6.07, 6.45) is 0.452. The summed E-state index contributed by atoms with van der Waals surface area (Å²) >= 11 is 0. The van der Waals surface area contributed by atoms with Crippen molar-refractivity contribution in [2.45, 2.75) is 26.7 Å². The van der Waals surface area contributed by atoms with Gasteiger partial charge in [0.15, 0.2) is 0 Å². The van der Waals surface area contributed by atoms with Crippen LogP contribution < -0.4 is 0 Å². The van der Waals surface area contributed by atoms with Gasteiger partial charge in [0.05, 0.1) is 18.0 Å². The number of nitrogens with zero attached hydrogens (tertiary/aromatic N) is 2. The fourth-order valence-electron chi connectivity index (χ4n) is 1.73. The van der Waals surface area contributed by atoms with Crippen LogP contribution in [0, 0.1) is 21.4 Å². The first-order valence-electron chi connectivity index (χ1n) is 5.89. The van der Waals surface area contributed by atoms with Crippen molar-refractivity contribution in [3.63, 3.8) is 0 Å². The van der Waals surface area contributed by atoms with Gasteiger partial charge in [0.2, 0.25) is 0 Å². The van der Waals surface area contributed by atoms with Crippen LogP contribution in [-0.4, -0.2) is 17.5 Å². The third kappa shape index (κ3) is 3.52. The summed E-state index contributed by atoms with van der Waals surface area (Å²) in [5, 5.41) is 20.0. The van der Waals surface area contributed by atoms with Crippen LogP contribution in [0.3, 0.4) is 0 Å². The minimum Gasteiger partial charge on any atom is -0.466 e. The number of aryl methyl sites for hydroxylation is 1. The lowest BCUT2D eigenvalue weighted by Gasteiger charge is -2.07. The van der Waals surface area contributed by atoms with Crippen LogP contribution in [0.25, 0.3) is 0 Å². The predicted molar refractivity (Wildman–Crippen MR) is 67.5 cm³/mol. The number of carbonyl (C=O) groups is 1. The second kappa shape index (κ2) is 6.50. The van der Waals surface area contributed by atoms with Gasteiger partial charge >= 0.3 is 5.97 Å². The zero-order valence-corrected chi connectivity index (χ0v) is 10.8. The van der Waals surface area contributed by atoms with Crippen LogP contribution in [0.1, 0.15) is 30.5 Å². The van der Waals surface area contributed by atoms with E-state index in [2.05, 4.69) is 0 Å². The van der Waals surface area contributed by atoms with Crippen LogP contribution in [0.4, 0.5) is 5.69 Å². The van der Waals surface area contributed by atoms with Crippen LogP contribution in [0.2, 0.25) is 0 Å². The van der Waals surface area contributed by atoms with Crippen LogP contribution in [0.15, 0.2) is 12.1 Å². The van der Waals surface area contributed by atoms with E-state index in [4.69, 9.17) is 10.00 Å². The lowest BCUT2D eigenvalue weighted by Crippen LogP contribution is -2.10. The summed E-state index contributed by atoms with van der Waals surface area (Å²) in [7, 11) is 0. The molecule has 1 aromatic carbocycles. The van der Waals surface area contributed by atoms with Gasteiger partial charge in [-0.25, -0.2) is 0 Å². The summed E-state index contributed by atoms with van der Waals surface area (Å²) in [6.45, 7) is 3.75. The largest absolute Gasteiger partial charge is 0.466 e. The molecule has 0 unspecified atom stereocenters. The highest BCUT2D eigenvalue weighted by molar-refractivity contribution is 5.75. The molecule has 0 fully saturated rings. The molecular formula is C13H14N2O4. The van der Waals surface area contributed by atoms with E-state index in [9.17, 15) is 14.9 Å². The second-order valence-corrected chi connectivity index (χ2v) is 3.85. The maximum Gasteiger partial charge on any atom is 0.310 e. The van der Waals surface area contributed by atoms with Crippen molar-refractivity contribution in [1.82, 2.24) is 0 Å². The molecule has 0 saturated carbocycles. The molecule has 0 N–H and O–H groups in total. The van der Waals surface area contributed by atoms with Crippen LogP contribution in [-0.2, 0) is 22.4 Å². The zero-order chi connectivity index (χ0) is 14.4. The Morgan fingerprint density at radius 1 is 1.47 bits per heavy atom. The standard InChI is InChI=1S/C13H14N2O4/c1-3-9-5-10(7-13(16)19-4-2)11(8-14)12(6-9)15(17)18/h5-6H,3-4,7H2,1-2H3. The summed E-state index contributed by atoms with van der Waals surface area (Å²) in [4.78, 5) is 21.8. The normalized spacial score (nSPS) is 9.74. The van der Waals surface area contributed by atoms with E-state index in [1.807, 2.05) is 6.92 Å². The summed E-state index contributed by atoms with van der Waals surface area (Å²) in [6, 6.07) is 4.80. The average Bonchev–Trinajstić information content (AvgIpc) is 2.37. The molecule has 100 valence electrons. The third-order valence-electron chi connectivity index (χ3n) is 2.62. The Morgan fingerprint density at radius 3 is 2.63 bits per heavy atom. The molecule has 0 aliphatic carbocycles. The number of nitriles is 1. The van der Waals surface area contributed by atoms with Gasteiger partial charge in [-0.2, -0.15) is 5.26 Å². The van der Waals surface area contributed by atoms with Crippen molar-refractivity contribution >= 4 is 11.7 Å². The van der Waals surface area contributed by atoms with Crippen molar-refractivity contribution in [2.75, 3.05) is 6.61 Å². The lowest BCUT2D eigenvalue weighted by atomic mass is 9.99. The van der Waals surface area contributed by atoms with Gasteiger partial charge in [0, 0.05) is 6.07 Å². The Balaban J connectivity index is 3.28. The van der Waals surface area contributed by atoms with Gasteiger partial charge in [-0.1, -0.05) is 13.0 Å². The van der Waals surface area contributed by atoms with Crippen LogP contribution >= 0.6 is 0 Å². The SMILES string of the molecule is CCOC(=O)Cc1cc(CC)cc([N+](=O)[O-])c1C#N. The molecule has 0 amide bonds. The molecule has 0 aromatic heterocycles. The van der Waals surface area contributed by atoms with E-state index < -0.39 is 10.9 Å². The van der Waals surface area contributed by atoms with E-state index >= 15 is 0 Å². The molecule has 0 bridgehead atoms. The molecule has 1 rings (SSSR count). The van der Waals surface area contributed by atoms with Crippen molar-refractivity contribution in [3.05, 3.63) is 38.9 Å². The minimum atomic E-state index is -0.605. The van der Waals surface area contributed by atoms with Gasteiger partial charge < -0.3 is 4.74 Å². The number of esters is 1. The highest BCUT2D eigenvalue weighted by Crippen LogP contribution is 2.25. The summed E-state index contributed by atoms with van der Waals surface area (Å²) < 4.78 is 4.80. The third-order valence-corrected chi connectivity index (χ3v) is 2.62. The Hall–Kier alpha value is -2.42. The quantitative estimate of drug-likeness (QED) is 0.460. The van der Waals surface area contributed by atoms with Crippen molar-refractivity contribution in [3.8, 4) is 6.07 Å². The number of hydrogen-bond donors (Lipinski definition) is 0. The van der Waals surface area contributed by atoms with Gasteiger partial charge in [0.1, 0.15) is 11.6 Å². The first-order valence-corrected chi connectivity index (χ1v) is 5.89. The average molecular weight is 262 g/mol. The molecular weight excluding hydrogens is 248 g/mol. The molecule has 0 aliphatic rings. The predicted octanol–water partition coefficient (Wildman–Crippen LogP) is 2.13. The molecule has 0 radical (unpaired) electrons. The van der Waals surface area contributed by atoms with E-state index in [0.717, 1.165) is 0 Å². The second-order valence-electron chi connectivity index (χ2n) is 3.85. The zero-order valence-electron chi connectivity index (χ0n) is 10.8. The number of carbonyl (C=O) groups excluding carboxylic acids is 1. The van der Waals surface area contributed by atoms with E-state index in [1.165, 1.54) is 6.07 Å². The molecule has 19 heavy (non-hydrogen) atoms. The van der Waals surface area contributed by atoms with Crippen molar-refractivity contribution in [1.29, 1.82) is 5.26 Å². The van der Waals surface area contributed by atoms with Crippen molar-refractivity contribution in [2.24, 2.45) is 0 Å². The fraction of sp³-hybridized carbons (Fsp3) is 0.385. The monoisotopic (exact) mass is 262 g/mol. The number of rotatable bonds is 5. The number of hydrogen-bond acceptors (Lipinski definition) is 5. The Kier molecular flexibility index (Phi) is 5.01. The summed E-state index contributed by atoms with van der Waals surface area (Å²) in [5.74, 6) is -0.499. The molecule has 6 nitrogen and oxygen atoms in total. The highest BCUT2D eigenvalue weighted by atomic mass is 16.6. The number of nitro benzene ring substituents is 1. The van der Waals surface area contributed by atoms with Gasteiger partial charge in [-0.3, -0.25) is 14.9 Å². The number of benzene rings is 1. The van der Waals surface area contributed by atoms with Gasteiger partial charge in [-0.15, -0.1) is 0 Å². The lowest BCUT2D eigenvalue weighted by molar-refractivity contribution is -0.385. The molecule has 0 heterocycles. The van der Waals surface area contributed by atoms with Crippen molar-refractivity contribution < 1.29 is 14.5 Å². The minimum absolute atomic E-state index is 0.0738. The fourth-order valence-corrected chi connectivity index (χ4v) is 1.73. The van der Waals surface area contributed by atoms with Crippen LogP contribution in [0.5, 0.6) is 0 Å². The molecule has 6 heteroatoms. The number of nitro groups is 1. The van der Waals surface area contributed by atoms with E-state index in [1.54, 1.807) is 19.1 Å². The Bertz CT molecular complexity index is 546. The molecule has 0 aliphatic heterocycles. The number of ether oxygens (including phenoxy) is 1. The Labute approximate surface area is 110 Å². The maximum atomic E-state index is 11.5. The smallest absolute Gasteiger partial charge is 0.310 e. The maximum absolute atomic E-state index is 11.5. The molecule has 0 atom stereocenters. The van der Waals surface area contributed by atoms with E-state index in [-0.39, 0.29) is 24.3 Å². The first-order chi connectivity index (χ1) is 9.03. The molecule has 0 spiro atoms.